The average Bonchev–Trinajstić information content (AvgIpc) is 3.24. The Labute approximate surface area is 138 Å². The lowest BCUT2D eigenvalue weighted by Crippen LogP contribution is -2.44. The molecule has 22 heavy (non-hydrogen) atoms. The maximum atomic E-state index is 11.7. The number of benzene rings is 1. The van der Waals surface area contributed by atoms with Crippen LogP contribution in [0.25, 0.3) is 0 Å². The van der Waals surface area contributed by atoms with Crippen LogP contribution in [0.3, 0.4) is 0 Å². The second kappa shape index (κ2) is 8.14. The van der Waals surface area contributed by atoms with Gasteiger partial charge in [0.1, 0.15) is 12.4 Å². The van der Waals surface area contributed by atoms with Gasteiger partial charge in [0.15, 0.2) is 0 Å². The van der Waals surface area contributed by atoms with Crippen LogP contribution in [-0.4, -0.2) is 49.6 Å². The topological polar surface area (TPSA) is 70.7 Å². The van der Waals surface area contributed by atoms with E-state index in [9.17, 15) is 9.59 Å². The van der Waals surface area contributed by atoms with Crippen LogP contribution < -0.4 is 15.4 Å². The summed E-state index contributed by atoms with van der Waals surface area (Å²) in [6, 6.07) is 7.39. The first kappa shape index (κ1) is 16.8. The monoisotopic (exact) mass is 369 g/mol. The van der Waals surface area contributed by atoms with Crippen molar-refractivity contribution in [2.45, 2.75) is 18.9 Å². The molecule has 1 saturated carbocycles. The van der Waals surface area contributed by atoms with E-state index in [1.54, 1.807) is 4.90 Å². The van der Waals surface area contributed by atoms with Crippen molar-refractivity contribution >= 4 is 27.9 Å². The summed E-state index contributed by atoms with van der Waals surface area (Å²) in [5, 5.41) is 5.03. The molecule has 0 atom stereocenters. The van der Waals surface area contributed by atoms with Gasteiger partial charge in [-0.05, 0) is 44.2 Å². The molecule has 0 aromatic heterocycles. The zero-order chi connectivity index (χ0) is 15.9. The summed E-state index contributed by atoms with van der Waals surface area (Å²) < 4.78 is 6.58. The molecular formula is C15H20BrN3O3. The van der Waals surface area contributed by atoms with Crippen LogP contribution in [-0.2, 0) is 4.79 Å². The molecule has 0 heterocycles. The number of rotatable bonds is 7. The molecule has 0 bridgehead atoms. The molecule has 0 unspecified atom stereocenters. The number of halogens is 1. The third-order valence-electron chi connectivity index (χ3n) is 3.13. The normalized spacial score (nSPS) is 13.8. The molecular weight excluding hydrogens is 350 g/mol. The van der Waals surface area contributed by atoms with Gasteiger partial charge >= 0.3 is 6.03 Å². The number of carbonyl (C=O) groups is 2. The Morgan fingerprint density at radius 2 is 2.00 bits per heavy atom. The number of imide groups is 1. The van der Waals surface area contributed by atoms with E-state index in [-0.39, 0.29) is 18.5 Å². The molecule has 0 spiro atoms. The van der Waals surface area contributed by atoms with Crippen LogP contribution in [0.15, 0.2) is 28.7 Å². The number of hydrogen-bond donors (Lipinski definition) is 2. The fourth-order valence-electron chi connectivity index (χ4n) is 1.79. The van der Waals surface area contributed by atoms with Crippen molar-refractivity contribution in [3.8, 4) is 5.75 Å². The van der Waals surface area contributed by atoms with Gasteiger partial charge in [0.2, 0.25) is 5.91 Å². The quantitative estimate of drug-likeness (QED) is 0.767. The minimum atomic E-state index is -0.410. The molecule has 7 heteroatoms. The summed E-state index contributed by atoms with van der Waals surface area (Å²) in [5.74, 6) is 0.467. The van der Waals surface area contributed by atoms with Gasteiger partial charge in [0, 0.05) is 17.1 Å². The van der Waals surface area contributed by atoms with Crippen molar-refractivity contribution in [2.24, 2.45) is 0 Å². The minimum absolute atomic E-state index is 0.155. The van der Waals surface area contributed by atoms with E-state index >= 15 is 0 Å². The molecule has 2 N–H and O–H groups in total. The van der Waals surface area contributed by atoms with Crippen LogP contribution in [0.4, 0.5) is 4.79 Å². The van der Waals surface area contributed by atoms with Gasteiger partial charge in [-0.3, -0.25) is 15.0 Å². The molecule has 0 aliphatic heterocycles. The van der Waals surface area contributed by atoms with Gasteiger partial charge in [0.25, 0.3) is 0 Å². The van der Waals surface area contributed by atoms with Gasteiger partial charge in [-0.15, -0.1) is 0 Å². The first-order valence-electron chi connectivity index (χ1n) is 7.20. The second-order valence-electron chi connectivity index (χ2n) is 5.34. The van der Waals surface area contributed by atoms with Crippen molar-refractivity contribution < 1.29 is 14.3 Å². The summed E-state index contributed by atoms with van der Waals surface area (Å²) >= 11 is 3.36. The fraction of sp³-hybridized carbons (Fsp3) is 0.467. The number of ether oxygens (including phenoxy) is 1. The Hall–Kier alpha value is -1.60. The number of nitrogens with one attached hydrogen (secondary N) is 2. The summed E-state index contributed by atoms with van der Waals surface area (Å²) in [7, 11) is 1.81. The second-order valence-corrected chi connectivity index (χ2v) is 6.25. The first-order valence-corrected chi connectivity index (χ1v) is 7.99. The van der Waals surface area contributed by atoms with Gasteiger partial charge in [-0.2, -0.15) is 0 Å². The number of nitrogens with zero attached hydrogens (tertiary/aromatic N) is 1. The Morgan fingerprint density at radius 1 is 1.32 bits per heavy atom. The Bertz CT molecular complexity index is 517. The molecule has 1 fully saturated rings. The van der Waals surface area contributed by atoms with Crippen molar-refractivity contribution in [3.63, 3.8) is 0 Å². The van der Waals surface area contributed by atoms with Crippen molar-refractivity contribution in [1.29, 1.82) is 0 Å². The molecule has 1 aliphatic carbocycles. The zero-order valence-electron chi connectivity index (χ0n) is 12.5. The Balaban J connectivity index is 1.60. The number of urea groups is 1. The molecule has 0 radical (unpaired) electrons. The lowest BCUT2D eigenvalue weighted by molar-refractivity contribution is -0.120. The predicted molar refractivity (Wildman–Crippen MR) is 86.8 cm³/mol. The van der Waals surface area contributed by atoms with Gasteiger partial charge in [-0.1, -0.05) is 15.9 Å². The zero-order valence-corrected chi connectivity index (χ0v) is 14.1. The summed E-state index contributed by atoms with van der Waals surface area (Å²) in [6.07, 6.45) is 1.99. The van der Waals surface area contributed by atoms with Crippen LogP contribution >= 0.6 is 15.9 Å². The third kappa shape index (κ3) is 6.44. The highest BCUT2D eigenvalue weighted by Crippen LogP contribution is 2.18. The summed E-state index contributed by atoms with van der Waals surface area (Å²) in [4.78, 5) is 24.9. The standard InChI is InChI=1S/C15H20BrN3O3/c1-19(8-9-22-13-6-2-11(16)3-7-13)10-14(20)18-15(21)17-12-4-5-12/h2-3,6-7,12H,4-5,8-10H2,1H3,(H2,17,18,20,21). The molecule has 6 nitrogen and oxygen atoms in total. The Kier molecular flexibility index (Phi) is 6.21. The lowest BCUT2D eigenvalue weighted by atomic mass is 10.3. The van der Waals surface area contributed by atoms with E-state index in [2.05, 4.69) is 26.6 Å². The van der Waals surface area contributed by atoms with E-state index in [4.69, 9.17) is 4.74 Å². The number of hydrogen-bond acceptors (Lipinski definition) is 4. The van der Waals surface area contributed by atoms with Crippen LogP contribution in [0.2, 0.25) is 0 Å². The van der Waals surface area contributed by atoms with Gasteiger partial charge < -0.3 is 10.1 Å². The molecule has 0 saturated heterocycles. The van der Waals surface area contributed by atoms with E-state index < -0.39 is 6.03 Å². The fourth-order valence-corrected chi connectivity index (χ4v) is 2.05. The molecule has 120 valence electrons. The molecule has 2 rings (SSSR count). The molecule has 3 amide bonds. The van der Waals surface area contributed by atoms with Crippen LogP contribution in [0.1, 0.15) is 12.8 Å². The van der Waals surface area contributed by atoms with E-state index in [0.29, 0.717) is 13.2 Å². The highest BCUT2D eigenvalue weighted by atomic mass is 79.9. The highest BCUT2D eigenvalue weighted by molar-refractivity contribution is 9.10. The Morgan fingerprint density at radius 3 is 2.64 bits per heavy atom. The third-order valence-corrected chi connectivity index (χ3v) is 3.66. The van der Waals surface area contributed by atoms with Gasteiger partial charge in [-0.25, -0.2) is 4.79 Å². The molecule has 1 aromatic rings. The predicted octanol–water partition coefficient (Wildman–Crippen LogP) is 1.75. The van der Waals surface area contributed by atoms with Crippen LogP contribution in [0, 0.1) is 0 Å². The maximum Gasteiger partial charge on any atom is 0.321 e. The minimum Gasteiger partial charge on any atom is -0.492 e. The largest absolute Gasteiger partial charge is 0.492 e. The van der Waals surface area contributed by atoms with Crippen LogP contribution in [0.5, 0.6) is 5.75 Å². The van der Waals surface area contributed by atoms with E-state index in [1.165, 1.54) is 0 Å². The lowest BCUT2D eigenvalue weighted by Gasteiger charge is -2.16. The number of carbonyl (C=O) groups excluding carboxylic acids is 2. The molecule has 1 aromatic carbocycles. The van der Waals surface area contributed by atoms with Crippen molar-refractivity contribution in [1.82, 2.24) is 15.5 Å². The highest BCUT2D eigenvalue weighted by Gasteiger charge is 2.23. The average molecular weight is 370 g/mol. The number of amides is 3. The van der Waals surface area contributed by atoms with Crippen molar-refractivity contribution in [2.75, 3.05) is 26.7 Å². The van der Waals surface area contributed by atoms with E-state index in [0.717, 1.165) is 23.1 Å². The summed E-state index contributed by atoms with van der Waals surface area (Å²) in [5.41, 5.74) is 0. The maximum absolute atomic E-state index is 11.7. The number of likely N-dealkylation sites (N-methyl/N-ethyl adjacent to an activating group) is 1. The van der Waals surface area contributed by atoms with E-state index in [1.807, 2.05) is 31.3 Å². The molecule has 1 aliphatic rings. The first-order chi connectivity index (χ1) is 10.5. The van der Waals surface area contributed by atoms with Crippen molar-refractivity contribution in [3.05, 3.63) is 28.7 Å². The smallest absolute Gasteiger partial charge is 0.321 e. The SMILES string of the molecule is CN(CCOc1ccc(Br)cc1)CC(=O)NC(=O)NC1CC1. The summed E-state index contributed by atoms with van der Waals surface area (Å²) in [6.45, 7) is 1.22. The van der Waals surface area contributed by atoms with Gasteiger partial charge in [0.05, 0.1) is 6.54 Å².